The summed E-state index contributed by atoms with van der Waals surface area (Å²) in [5, 5.41) is 4.05. The van der Waals surface area contributed by atoms with E-state index in [1.165, 1.54) is 7.11 Å². The Labute approximate surface area is 105 Å². The van der Waals surface area contributed by atoms with Gasteiger partial charge in [-0.2, -0.15) is 0 Å². The van der Waals surface area contributed by atoms with Crippen molar-refractivity contribution >= 4 is 5.71 Å². The molecule has 5 heteroatoms. The average molecular weight is 245 g/mol. The van der Waals surface area contributed by atoms with Crippen LogP contribution in [0.5, 0.6) is 0 Å². The molecular weight excluding hydrogens is 230 g/mol. The molecule has 0 saturated carbocycles. The summed E-state index contributed by atoms with van der Waals surface area (Å²) in [6.07, 6.45) is 3.43. The molecule has 0 spiro atoms. The fourth-order valence-electron chi connectivity index (χ4n) is 1.74. The third-order valence-electron chi connectivity index (χ3n) is 2.48. The molecule has 0 bridgehead atoms. The summed E-state index contributed by atoms with van der Waals surface area (Å²) in [6.45, 7) is 0.514. The van der Waals surface area contributed by atoms with Crippen LogP contribution < -0.4 is 0 Å². The first-order valence-electron chi connectivity index (χ1n) is 5.55. The highest BCUT2D eigenvalue weighted by molar-refractivity contribution is 6.11. The number of rotatable bonds is 5. The van der Waals surface area contributed by atoms with Gasteiger partial charge in [-0.25, -0.2) is 4.98 Å². The Morgan fingerprint density at radius 2 is 2.17 bits per heavy atom. The first-order chi connectivity index (χ1) is 8.86. The highest BCUT2D eigenvalue weighted by atomic mass is 16.6. The van der Waals surface area contributed by atoms with Crippen LogP contribution in [-0.4, -0.2) is 29.9 Å². The van der Waals surface area contributed by atoms with E-state index in [0.29, 0.717) is 18.1 Å². The normalized spacial score (nSPS) is 11.6. The Morgan fingerprint density at radius 3 is 2.83 bits per heavy atom. The summed E-state index contributed by atoms with van der Waals surface area (Å²) in [5.74, 6) is 0.667. The smallest absolute Gasteiger partial charge is 0.160 e. The first-order valence-corrected chi connectivity index (χ1v) is 5.55. The summed E-state index contributed by atoms with van der Waals surface area (Å²) < 4.78 is 5.19. The number of imidazole rings is 1. The second-order valence-corrected chi connectivity index (χ2v) is 3.65. The summed E-state index contributed by atoms with van der Waals surface area (Å²) in [6, 6.07) is 7.87. The summed E-state index contributed by atoms with van der Waals surface area (Å²) in [5.41, 5.74) is 2.64. The molecule has 0 unspecified atom stereocenters. The van der Waals surface area contributed by atoms with Crippen LogP contribution in [0.3, 0.4) is 0 Å². The second kappa shape index (κ2) is 5.97. The van der Waals surface area contributed by atoms with Crippen LogP contribution in [0.4, 0.5) is 0 Å². The Balaban J connectivity index is 2.47. The van der Waals surface area contributed by atoms with Gasteiger partial charge in [-0.05, 0) is 5.56 Å². The van der Waals surface area contributed by atoms with E-state index in [1.54, 1.807) is 19.5 Å². The number of methoxy groups -OCH3 is 1. The molecule has 2 rings (SSSR count). The highest BCUT2D eigenvalue weighted by Crippen LogP contribution is 2.14. The van der Waals surface area contributed by atoms with Gasteiger partial charge < -0.3 is 14.6 Å². The second-order valence-electron chi connectivity index (χ2n) is 3.65. The fourth-order valence-corrected chi connectivity index (χ4v) is 1.74. The van der Waals surface area contributed by atoms with Crippen molar-refractivity contribution < 1.29 is 9.57 Å². The van der Waals surface area contributed by atoms with Crippen molar-refractivity contribution in [2.75, 3.05) is 14.2 Å². The van der Waals surface area contributed by atoms with E-state index in [-0.39, 0.29) is 0 Å². The van der Waals surface area contributed by atoms with Gasteiger partial charge in [0.1, 0.15) is 7.11 Å². The van der Waals surface area contributed by atoms with Crippen molar-refractivity contribution in [2.45, 2.75) is 6.61 Å². The Hall–Kier alpha value is -2.14. The Bertz CT molecular complexity index is 521. The van der Waals surface area contributed by atoms with Crippen LogP contribution >= 0.6 is 0 Å². The van der Waals surface area contributed by atoms with Crippen LogP contribution in [0.25, 0.3) is 0 Å². The molecule has 94 valence electrons. The summed E-state index contributed by atoms with van der Waals surface area (Å²) in [4.78, 5) is 12.1. The molecular formula is C13H15N3O2. The molecule has 1 aromatic carbocycles. The Morgan fingerprint density at radius 1 is 1.33 bits per heavy atom. The number of oxime groups is 1. The zero-order valence-corrected chi connectivity index (χ0v) is 10.4. The molecule has 0 amide bonds. The number of aromatic nitrogens is 2. The van der Waals surface area contributed by atoms with Gasteiger partial charge in [-0.3, -0.25) is 0 Å². The first kappa shape index (κ1) is 12.3. The number of benzene rings is 1. The maximum absolute atomic E-state index is 5.19. The van der Waals surface area contributed by atoms with Crippen molar-refractivity contribution in [3.05, 3.63) is 53.6 Å². The summed E-state index contributed by atoms with van der Waals surface area (Å²) in [7, 11) is 3.18. The monoisotopic (exact) mass is 245 g/mol. The lowest BCUT2D eigenvalue weighted by atomic mass is 10.0. The molecule has 5 nitrogen and oxygen atoms in total. The molecule has 0 radical (unpaired) electrons. The third-order valence-corrected chi connectivity index (χ3v) is 2.48. The number of aromatic amines is 1. The standard InChI is InChI=1S/C13H15N3O2/c1-17-9-10-5-3-4-6-11(10)12(16-18-2)13-14-7-8-15-13/h3-8H,9H2,1-2H3,(H,14,15)/b16-12+. The number of hydrogen-bond acceptors (Lipinski definition) is 4. The van der Waals surface area contributed by atoms with Crippen LogP contribution in [-0.2, 0) is 16.2 Å². The van der Waals surface area contributed by atoms with E-state index >= 15 is 0 Å². The quantitative estimate of drug-likeness (QED) is 0.647. The molecule has 0 fully saturated rings. The van der Waals surface area contributed by atoms with Crippen molar-refractivity contribution in [2.24, 2.45) is 5.16 Å². The predicted molar refractivity (Wildman–Crippen MR) is 68.4 cm³/mol. The summed E-state index contributed by atoms with van der Waals surface area (Å²) >= 11 is 0. The van der Waals surface area contributed by atoms with Gasteiger partial charge in [0.15, 0.2) is 11.5 Å². The number of H-pyrrole nitrogens is 1. The van der Waals surface area contributed by atoms with E-state index in [1.807, 2.05) is 24.3 Å². The van der Waals surface area contributed by atoms with Crippen LogP contribution in [0.15, 0.2) is 41.8 Å². The van der Waals surface area contributed by atoms with Crippen molar-refractivity contribution in [1.29, 1.82) is 0 Å². The van der Waals surface area contributed by atoms with E-state index in [4.69, 9.17) is 9.57 Å². The van der Waals surface area contributed by atoms with Gasteiger partial charge in [0.25, 0.3) is 0 Å². The molecule has 0 aliphatic carbocycles. The van der Waals surface area contributed by atoms with Gasteiger partial charge in [-0.15, -0.1) is 0 Å². The maximum Gasteiger partial charge on any atom is 0.160 e. The lowest BCUT2D eigenvalue weighted by molar-refractivity contribution is 0.184. The van der Waals surface area contributed by atoms with E-state index in [2.05, 4.69) is 15.1 Å². The Kier molecular flexibility index (Phi) is 4.09. The molecule has 1 aromatic heterocycles. The number of ether oxygens (including phenoxy) is 1. The zero-order chi connectivity index (χ0) is 12.8. The predicted octanol–water partition coefficient (Wildman–Crippen LogP) is 1.95. The fraction of sp³-hybridized carbons (Fsp3) is 0.231. The van der Waals surface area contributed by atoms with E-state index < -0.39 is 0 Å². The van der Waals surface area contributed by atoms with Crippen molar-refractivity contribution in [3.63, 3.8) is 0 Å². The van der Waals surface area contributed by atoms with Gasteiger partial charge in [0, 0.05) is 25.1 Å². The molecule has 18 heavy (non-hydrogen) atoms. The molecule has 2 aromatic rings. The van der Waals surface area contributed by atoms with E-state index in [0.717, 1.165) is 11.1 Å². The van der Waals surface area contributed by atoms with Crippen LogP contribution in [0.2, 0.25) is 0 Å². The average Bonchev–Trinajstić information content (AvgIpc) is 2.91. The molecule has 0 atom stereocenters. The molecule has 1 N–H and O–H groups in total. The topological polar surface area (TPSA) is 59.5 Å². The number of nitrogens with zero attached hydrogens (tertiary/aromatic N) is 2. The van der Waals surface area contributed by atoms with Gasteiger partial charge in [0.2, 0.25) is 0 Å². The lowest BCUT2D eigenvalue weighted by Gasteiger charge is -2.09. The van der Waals surface area contributed by atoms with Gasteiger partial charge in [-0.1, -0.05) is 29.4 Å². The SMILES string of the molecule is COCc1ccccc1/C(=N\OC)c1ncc[nH]1. The minimum absolute atomic E-state index is 0.514. The van der Waals surface area contributed by atoms with Crippen molar-refractivity contribution in [1.82, 2.24) is 9.97 Å². The minimum atomic E-state index is 0.514. The lowest BCUT2D eigenvalue weighted by Crippen LogP contribution is -2.10. The van der Waals surface area contributed by atoms with Gasteiger partial charge in [0.05, 0.1) is 6.61 Å². The van der Waals surface area contributed by atoms with E-state index in [9.17, 15) is 0 Å². The number of hydrogen-bond donors (Lipinski definition) is 1. The van der Waals surface area contributed by atoms with Crippen LogP contribution in [0, 0.1) is 0 Å². The van der Waals surface area contributed by atoms with Gasteiger partial charge >= 0.3 is 0 Å². The maximum atomic E-state index is 5.19. The molecule has 1 heterocycles. The van der Waals surface area contributed by atoms with Crippen LogP contribution in [0.1, 0.15) is 17.0 Å². The largest absolute Gasteiger partial charge is 0.399 e. The van der Waals surface area contributed by atoms with Crippen molar-refractivity contribution in [3.8, 4) is 0 Å². The molecule has 0 aliphatic rings. The number of nitrogens with one attached hydrogen (secondary N) is 1. The molecule has 0 saturated heterocycles. The molecule has 0 aliphatic heterocycles. The highest BCUT2D eigenvalue weighted by Gasteiger charge is 2.14. The minimum Gasteiger partial charge on any atom is -0.399 e. The third kappa shape index (κ3) is 2.57. The zero-order valence-electron chi connectivity index (χ0n) is 10.4.